The Morgan fingerprint density at radius 3 is 2.25 bits per heavy atom. The maximum Gasteiger partial charge on any atom is 0.122 e. The summed E-state index contributed by atoms with van der Waals surface area (Å²) < 4.78 is 5.60. The second-order valence-electron chi connectivity index (χ2n) is 4.11. The maximum absolute atomic E-state index is 7.34. The summed E-state index contributed by atoms with van der Waals surface area (Å²) >= 11 is 17.9. The second-order valence-corrected chi connectivity index (χ2v) is 5.39. The Morgan fingerprint density at radius 1 is 1.05 bits per heavy atom. The first-order chi connectivity index (χ1) is 9.45. The van der Waals surface area contributed by atoms with Crippen molar-refractivity contribution in [2.75, 3.05) is 0 Å². The first-order valence-electron chi connectivity index (χ1n) is 5.67. The highest BCUT2D eigenvalue weighted by Crippen LogP contribution is 2.26. The first kappa shape index (κ1) is 15.0. The molecule has 0 aliphatic rings. The summed E-state index contributed by atoms with van der Waals surface area (Å²) in [7, 11) is 0. The van der Waals surface area contributed by atoms with Gasteiger partial charge in [0.2, 0.25) is 0 Å². The van der Waals surface area contributed by atoms with Gasteiger partial charge in [-0.1, -0.05) is 46.9 Å². The van der Waals surface area contributed by atoms with Crippen LogP contribution in [-0.4, -0.2) is 5.84 Å². The second kappa shape index (κ2) is 6.35. The Balaban J connectivity index is 2.12. The standard InChI is InChI=1S/C14H11Cl3N2O/c15-10-4-11(16)6-12(5-10)20-7-9-2-1-8(14(18)19)3-13(9)17/h1-6H,7H2,(H3,18,19). The monoisotopic (exact) mass is 328 g/mol. The van der Waals surface area contributed by atoms with Crippen molar-refractivity contribution in [2.24, 2.45) is 5.73 Å². The van der Waals surface area contributed by atoms with Crippen LogP contribution in [0.4, 0.5) is 0 Å². The van der Waals surface area contributed by atoms with Crippen molar-refractivity contribution in [3.8, 4) is 5.75 Å². The summed E-state index contributed by atoms with van der Waals surface area (Å²) in [5, 5.41) is 8.85. The van der Waals surface area contributed by atoms with Gasteiger partial charge >= 0.3 is 0 Å². The van der Waals surface area contributed by atoms with E-state index in [1.165, 1.54) is 0 Å². The Kier molecular flexibility index (Phi) is 4.76. The van der Waals surface area contributed by atoms with Gasteiger partial charge in [0.05, 0.1) is 0 Å². The lowest BCUT2D eigenvalue weighted by Crippen LogP contribution is -2.11. The Labute approximate surface area is 131 Å². The van der Waals surface area contributed by atoms with Crippen molar-refractivity contribution in [1.82, 2.24) is 0 Å². The molecule has 0 bridgehead atoms. The summed E-state index contributed by atoms with van der Waals surface area (Å²) in [5.41, 5.74) is 6.75. The molecule has 0 aliphatic carbocycles. The van der Waals surface area contributed by atoms with E-state index in [0.29, 0.717) is 26.4 Å². The van der Waals surface area contributed by atoms with Gasteiger partial charge in [-0.2, -0.15) is 0 Å². The van der Waals surface area contributed by atoms with Gasteiger partial charge in [-0.15, -0.1) is 0 Å². The smallest absolute Gasteiger partial charge is 0.122 e. The Morgan fingerprint density at radius 2 is 1.70 bits per heavy atom. The third-order valence-corrected chi connectivity index (χ3v) is 3.38. The largest absolute Gasteiger partial charge is 0.489 e. The van der Waals surface area contributed by atoms with E-state index in [0.717, 1.165) is 5.56 Å². The fourth-order valence-electron chi connectivity index (χ4n) is 1.60. The number of halogens is 3. The van der Waals surface area contributed by atoms with Crippen LogP contribution in [0.5, 0.6) is 5.75 Å². The molecule has 104 valence electrons. The maximum atomic E-state index is 7.34. The number of nitrogens with one attached hydrogen (secondary N) is 1. The number of rotatable bonds is 4. The van der Waals surface area contributed by atoms with Gasteiger partial charge in [0.25, 0.3) is 0 Å². The minimum Gasteiger partial charge on any atom is -0.489 e. The third-order valence-electron chi connectivity index (χ3n) is 2.59. The number of benzene rings is 2. The van der Waals surface area contributed by atoms with Gasteiger partial charge in [-0.05, 0) is 24.3 Å². The summed E-state index contributed by atoms with van der Waals surface area (Å²) in [4.78, 5) is 0. The van der Waals surface area contributed by atoms with E-state index in [-0.39, 0.29) is 12.4 Å². The zero-order valence-corrected chi connectivity index (χ0v) is 12.6. The van der Waals surface area contributed by atoms with Crippen LogP contribution in [0.3, 0.4) is 0 Å². The first-order valence-corrected chi connectivity index (χ1v) is 6.81. The van der Waals surface area contributed by atoms with Crippen molar-refractivity contribution in [1.29, 1.82) is 5.41 Å². The van der Waals surface area contributed by atoms with Crippen molar-refractivity contribution < 1.29 is 4.74 Å². The zero-order chi connectivity index (χ0) is 14.7. The highest BCUT2D eigenvalue weighted by Gasteiger charge is 2.06. The topological polar surface area (TPSA) is 59.1 Å². The van der Waals surface area contributed by atoms with Gasteiger partial charge in [0.15, 0.2) is 0 Å². The lowest BCUT2D eigenvalue weighted by atomic mass is 10.1. The predicted octanol–water partition coefficient (Wildman–Crippen LogP) is 4.51. The molecule has 0 aliphatic heterocycles. The molecular weight excluding hydrogens is 319 g/mol. The van der Waals surface area contributed by atoms with Crippen LogP contribution in [0.1, 0.15) is 11.1 Å². The molecule has 0 fully saturated rings. The number of nitrogen functional groups attached to an aromatic ring is 1. The molecule has 0 atom stereocenters. The molecule has 2 aromatic rings. The number of amidine groups is 1. The molecule has 0 saturated heterocycles. The van der Waals surface area contributed by atoms with Crippen LogP contribution >= 0.6 is 34.8 Å². The lowest BCUT2D eigenvalue weighted by Gasteiger charge is -2.09. The minimum atomic E-state index is -0.0269. The van der Waals surface area contributed by atoms with E-state index in [1.54, 1.807) is 36.4 Å². The van der Waals surface area contributed by atoms with Crippen molar-refractivity contribution in [3.05, 3.63) is 62.6 Å². The van der Waals surface area contributed by atoms with Gasteiger partial charge in [-0.3, -0.25) is 5.41 Å². The van der Waals surface area contributed by atoms with Gasteiger partial charge in [-0.25, -0.2) is 0 Å². The minimum absolute atomic E-state index is 0.0269. The van der Waals surface area contributed by atoms with Crippen molar-refractivity contribution in [2.45, 2.75) is 6.61 Å². The molecule has 20 heavy (non-hydrogen) atoms. The highest BCUT2D eigenvalue weighted by molar-refractivity contribution is 6.34. The summed E-state index contributed by atoms with van der Waals surface area (Å²) in [5.74, 6) is 0.537. The van der Waals surface area contributed by atoms with E-state index in [1.807, 2.05) is 0 Å². The number of nitrogens with two attached hydrogens (primary N) is 1. The average molecular weight is 330 g/mol. The third kappa shape index (κ3) is 3.79. The molecule has 0 spiro atoms. The molecule has 3 nitrogen and oxygen atoms in total. The Hall–Kier alpha value is -1.42. The van der Waals surface area contributed by atoms with E-state index in [2.05, 4.69) is 0 Å². The van der Waals surface area contributed by atoms with Crippen molar-refractivity contribution >= 4 is 40.6 Å². The van der Waals surface area contributed by atoms with Crippen LogP contribution in [0.15, 0.2) is 36.4 Å². The van der Waals surface area contributed by atoms with Crippen LogP contribution < -0.4 is 10.5 Å². The van der Waals surface area contributed by atoms with Gasteiger partial charge < -0.3 is 10.5 Å². The summed E-state index contributed by atoms with van der Waals surface area (Å²) in [6.45, 7) is 0.272. The molecule has 0 unspecified atom stereocenters. The number of hydrogen-bond acceptors (Lipinski definition) is 2. The lowest BCUT2D eigenvalue weighted by molar-refractivity contribution is 0.306. The SMILES string of the molecule is N=C(N)c1ccc(COc2cc(Cl)cc(Cl)c2)c(Cl)c1. The molecule has 2 aromatic carbocycles. The summed E-state index contributed by atoms with van der Waals surface area (Å²) in [6.07, 6.45) is 0. The molecule has 0 radical (unpaired) electrons. The van der Waals surface area contributed by atoms with E-state index in [9.17, 15) is 0 Å². The van der Waals surface area contributed by atoms with Crippen LogP contribution in [0.25, 0.3) is 0 Å². The molecule has 0 amide bonds. The normalized spacial score (nSPS) is 10.3. The molecule has 6 heteroatoms. The highest BCUT2D eigenvalue weighted by atomic mass is 35.5. The van der Waals surface area contributed by atoms with Crippen LogP contribution in [0.2, 0.25) is 15.1 Å². The quantitative estimate of drug-likeness (QED) is 0.640. The molecule has 2 rings (SSSR count). The summed E-state index contributed by atoms with van der Waals surface area (Å²) in [6, 6.07) is 10.1. The molecule has 0 heterocycles. The fraction of sp³-hybridized carbons (Fsp3) is 0.0714. The fourth-order valence-corrected chi connectivity index (χ4v) is 2.35. The Bertz CT molecular complexity index is 639. The van der Waals surface area contributed by atoms with Crippen molar-refractivity contribution in [3.63, 3.8) is 0 Å². The van der Waals surface area contributed by atoms with E-state index in [4.69, 9.17) is 50.7 Å². The van der Waals surface area contributed by atoms with Crippen LogP contribution in [-0.2, 0) is 6.61 Å². The van der Waals surface area contributed by atoms with Crippen LogP contribution in [0, 0.1) is 5.41 Å². The average Bonchev–Trinajstić information content (AvgIpc) is 2.36. The van der Waals surface area contributed by atoms with E-state index >= 15 is 0 Å². The molecule has 0 aromatic heterocycles. The van der Waals surface area contributed by atoms with E-state index < -0.39 is 0 Å². The zero-order valence-electron chi connectivity index (χ0n) is 10.3. The predicted molar refractivity (Wildman–Crippen MR) is 83.3 cm³/mol. The van der Waals surface area contributed by atoms with Gasteiger partial charge in [0, 0.05) is 26.2 Å². The molecule has 3 N–H and O–H groups in total. The molecular formula is C14H11Cl3N2O. The molecule has 0 saturated carbocycles. The number of hydrogen-bond donors (Lipinski definition) is 2. The number of ether oxygens (including phenoxy) is 1. The van der Waals surface area contributed by atoms with Gasteiger partial charge in [0.1, 0.15) is 18.2 Å².